The van der Waals surface area contributed by atoms with Gasteiger partial charge in [-0.25, -0.2) is 4.79 Å². The monoisotopic (exact) mass is 404 g/mol. The summed E-state index contributed by atoms with van der Waals surface area (Å²) < 4.78 is 1.02. The number of anilines is 1. The molecule has 5 rings (SSSR count). The van der Waals surface area contributed by atoms with Gasteiger partial charge in [-0.1, -0.05) is 15.9 Å². The van der Waals surface area contributed by atoms with E-state index >= 15 is 0 Å². The van der Waals surface area contributed by atoms with E-state index in [0.29, 0.717) is 12.1 Å². The van der Waals surface area contributed by atoms with Crippen molar-refractivity contribution in [3.63, 3.8) is 0 Å². The molecule has 2 saturated carbocycles. The Morgan fingerprint density at radius 3 is 2.12 bits per heavy atom. The number of halogens is 1. The minimum atomic E-state index is -1.13. The number of aliphatic carboxylic acids is 1. The van der Waals surface area contributed by atoms with Crippen molar-refractivity contribution < 1.29 is 19.5 Å². The van der Waals surface area contributed by atoms with E-state index in [1.54, 1.807) is 0 Å². The van der Waals surface area contributed by atoms with Gasteiger partial charge < -0.3 is 10.0 Å². The Morgan fingerprint density at radius 1 is 1.12 bits per heavy atom. The van der Waals surface area contributed by atoms with Crippen molar-refractivity contribution in [3.8, 4) is 0 Å². The number of nitrogens with zero attached hydrogens (tertiary/aromatic N) is 2. The van der Waals surface area contributed by atoms with E-state index < -0.39 is 12.0 Å². The molecule has 7 atom stereocenters. The molecule has 1 aromatic carbocycles. The highest BCUT2D eigenvalue weighted by atomic mass is 79.9. The van der Waals surface area contributed by atoms with Gasteiger partial charge in [0.05, 0.1) is 23.9 Å². The molecule has 130 valence electrons. The lowest BCUT2D eigenvalue weighted by atomic mass is 9.81. The molecule has 2 aliphatic heterocycles. The quantitative estimate of drug-likeness (QED) is 0.612. The smallest absolute Gasteiger partial charge is 0.326 e. The van der Waals surface area contributed by atoms with Crippen LogP contribution in [0, 0.1) is 23.7 Å². The topological polar surface area (TPSA) is 77.7 Å². The standard InChI is InChI=1S/C18H17BrN2O4/c1-7(18(24)25)20-16(22)12-10-6-11(13(12)17(20)23)15-14(10)21(15)9-4-2-8(19)3-5-9/h2-5,7,10-15H,6H2,1H3,(H,24,25)/t7-,10-,11+,12-,13+,14+,15-,21?/m1/s1. The van der Waals surface area contributed by atoms with Crippen LogP contribution in [0.2, 0.25) is 0 Å². The molecule has 0 unspecified atom stereocenters. The molecule has 1 aromatic rings. The summed E-state index contributed by atoms with van der Waals surface area (Å²) in [4.78, 5) is 40.2. The van der Waals surface area contributed by atoms with Gasteiger partial charge in [0, 0.05) is 10.2 Å². The Morgan fingerprint density at radius 2 is 1.64 bits per heavy atom. The number of hydrogen-bond acceptors (Lipinski definition) is 4. The van der Waals surface area contributed by atoms with Crippen LogP contribution in [0.4, 0.5) is 5.69 Å². The summed E-state index contributed by atoms with van der Waals surface area (Å²) in [6.45, 7) is 1.41. The molecule has 6 nitrogen and oxygen atoms in total. The summed E-state index contributed by atoms with van der Waals surface area (Å²) in [7, 11) is 0. The van der Waals surface area contributed by atoms with E-state index in [0.717, 1.165) is 21.5 Å². The number of imide groups is 1. The Balaban J connectivity index is 1.44. The fourth-order valence-electron chi connectivity index (χ4n) is 5.58. The van der Waals surface area contributed by atoms with Crippen LogP contribution in [0.15, 0.2) is 28.7 Å². The molecule has 7 heteroatoms. The zero-order valence-electron chi connectivity index (χ0n) is 13.5. The summed E-state index contributed by atoms with van der Waals surface area (Å²) >= 11 is 3.44. The maximum Gasteiger partial charge on any atom is 0.326 e. The maximum atomic E-state index is 12.8. The van der Waals surface area contributed by atoms with Crippen LogP contribution in [0.1, 0.15) is 13.3 Å². The van der Waals surface area contributed by atoms with Crippen molar-refractivity contribution in [2.24, 2.45) is 23.7 Å². The largest absolute Gasteiger partial charge is 0.480 e. The fourth-order valence-corrected chi connectivity index (χ4v) is 5.85. The van der Waals surface area contributed by atoms with Crippen LogP contribution in [0.3, 0.4) is 0 Å². The number of piperidine rings is 1. The van der Waals surface area contributed by atoms with Gasteiger partial charge in [0.15, 0.2) is 0 Å². The first-order valence-electron chi connectivity index (χ1n) is 8.55. The van der Waals surface area contributed by atoms with Crippen LogP contribution >= 0.6 is 15.9 Å². The first kappa shape index (κ1) is 15.4. The number of carboxylic acid groups (broad SMARTS) is 1. The molecule has 2 bridgehead atoms. The van der Waals surface area contributed by atoms with Gasteiger partial charge >= 0.3 is 5.97 Å². The summed E-state index contributed by atoms with van der Waals surface area (Å²) in [5, 5.41) is 9.20. The van der Waals surface area contributed by atoms with Gasteiger partial charge in [0.1, 0.15) is 6.04 Å². The SMILES string of the molecule is C[C@H](C(=O)O)N1C(=O)[C@@H]2[C@H]3C[C@@H]([C@@H]2C1=O)[C@@H]1[C@H]3N1c1ccc(Br)cc1. The van der Waals surface area contributed by atoms with Crippen LogP contribution < -0.4 is 4.90 Å². The van der Waals surface area contributed by atoms with Crippen molar-refractivity contribution in [1.29, 1.82) is 0 Å². The maximum absolute atomic E-state index is 12.8. The van der Waals surface area contributed by atoms with Crippen molar-refractivity contribution in [3.05, 3.63) is 28.7 Å². The predicted octanol–water partition coefficient (Wildman–Crippen LogP) is 1.73. The number of benzene rings is 1. The third-order valence-electron chi connectivity index (χ3n) is 6.55. The van der Waals surface area contributed by atoms with Crippen LogP contribution in [-0.2, 0) is 14.4 Å². The van der Waals surface area contributed by atoms with Gasteiger partial charge in [-0.2, -0.15) is 0 Å². The summed E-state index contributed by atoms with van der Waals surface area (Å²) in [6, 6.07) is 7.65. The molecule has 2 saturated heterocycles. The highest BCUT2D eigenvalue weighted by Gasteiger charge is 2.76. The molecule has 2 amide bonds. The predicted molar refractivity (Wildman–Crippen MR) is 91.7 cm³/mol. The second-order valence-corrected chi connectivity index (χ2v) is 8.46. The van der Waals surface area contributed by atoms with Crippen LogP contribution in [0.25, 0.3) is 0 Å². The van der Waals surface area contributed by atoms with Gasteiger partial charge in [-0.3, -0.25) is 14.5 Å². The highest BCUT2D eigenvalue weighted by Crippen LogP contribution is 2.66. The third-order valence-corrected chi connectivity index (χ3v) is 7.08. The molecule has 0 aromatic heterocycles. The lowest BCUT2D eigenvalue weighted by molar-refractivity contribution is -0.154. The minimum Gasteiger partial charge on any atom is -0.480 e. The zero-order valence-corrected chi connectivity index (χ0v) is 15.1. The number of carbonyl (C=O) groups is 3. The van der Waals surface area contributed by atoms with Gasteiger partial charge in [-0.05, 0) is 49.4 Å². The Bertz CT molecular complexity index is 776. The number of carbonyl (C=O) groups excluding carboxylic acids is 2. The van der Waals surface area contributed by atoms with Crippen molar-refractivity contribution in [1.82, 2.24) is 4.90 Å². The number of fused-ring (bicyclic) bond motifs is 8. The van der Waals surface area contributed by atoms with E-state index in [9.17, 15) is 19.5 Å². The number of likely N-dealkylation sites (tertiary alicyclic amines) is 1. The number of amides is 2. The first-order chi connectivity index (χ1) is 11.9. The van der Waals surface area contributed by atoms with Crippen LogP contribution in [0.5, 0.6) is 0 Å². The van der Waals surface area contributed by atoms with Crippen molar-refractivity contribution in [2.45, 2.75) is 31.5 Å². The van der Waals surface area contributed by atoms with E-state index in [4.69, 9.17) is 0 Å². The summed E-state index contributed by atoms with van der Waals surface area (Å²) in [5.41, 5.74) is 1.13. The number of carboxylic acids is 1. The average Bonchev–Trinajstić information content (AvgIpc) is 2.91. The second kappa shape index (κ2) is 4.84. The molecule has 4 aliphatic rings. The third kappa shape index (κ3) is 1.82. The lowest BCUT2D eigenvalue weighted by Crippen LogP contribution is -2.44. The molecule has 4 fully saturated rings. The second-order valence-electron chi connectivity index (χ2n) is 7.54. The zero-order chi connectivity index (χ0) is 17.6. The molecule has 0 radical (unpaired) electrons. The molecular weight excluding hydrogens is 388 g/mol. The van der Waals surface area contributed by atoms with E-state index in [-0.39, 0.29) is 35.5 Å². The Kier molecular flexibility index (Phi) is 2.98. The number of rotatable bonds is 3. The Hall–Kier alpha value is -1.89. The van der Waals surface area contributed by atoms with Gasteiger partial charge in [0.25, 0.3) is 0 Å². The molecule has 2 aliphatic carbocycles. The molecule has 25 heavy (non-hydrogen) atoms. The van der Waals surface area contributed by atoms with E-state index in [1.165, 1.54) is 6.92 Å². The minimum absolute atomic E-state index is 0.158. The lowest BCUT2D eigenvalue weighted by Gasteiger charge is -2.23. The number of hydrogen-bond donors (Lipinski definition) is 1. The van der Waals surface area contributed by atoms with E-state index in [2.05, 4.69) is 33.0 Å². The summed E-state index contributed by atoms with van der Waals surface area (Å²) in [6.07, 6.45) is 0.907. The first-order valence-corrected chi connectivity index (χ1v) is 9.34. The van der Waals surface area contributed by atoms with Crippen molar-refractivity contribution in [2.75, 3.05) is 4.90 Å². The molecule has 1 N–H and O–H groups in total. The Labute approximate surface area is 152 Å². The highest BCUT2D eigenvalue weighted by molar-refractivity contribution is 9.10. The molecular formula is C18H17BrN2O4. The fraction of sp³-hybridized carbons (Fsp3) is 0.500. The molecule has 2 heterocycles. The van der Waals surface area contributed by atoms with E-state index in [1.807, 2.05) is 12.1 Å². The van der Waals surface area contributed by atoms with Crippen LogP contribution in [-0.4, -0.2) is 45.9 Å². The average molecular weight is 405 g/mol. The molecule has 0 spiro atoms. The van der Waals surface area contributed by atoms with Crippen molar-refractivity contribution >= 4 is 39.4 Å². The normalized spacial score (nSPS) is 38.8. The summed E-state index contributed by atoms with van der Waals surface area (Å²) in [5.74, 6) is -2.04. The van der Waals surface area contributed by atoms with Gasteiger partial charge in [-0.15, -0.1) is 0 Å². The van der Waals surface area contributed by atoms with Gasteiger partial charge in [0.2, 0.25) is 11.8 Å².